The van der Waals surface area contributed by atoms with Gasteiger partial charge in [-0.1, -0.05) is 20.8 Å². The zero-order valence-electron chi connectivity index (χ0n) is 15.5. The molecule has 0 radical (unpaired) electrons. The molecule has 0 amide bonds. The molecule has 3 rings (SSSR count). The number of nitrogen functional groups attached to an aromatic ring is 1. The highest BCUT2D eigenvalue weighted by molar-refractivity contribution is 6.02. The van der Waals surface area contributed by atoms with Gasteiger partial charge in [0, 0.05) is 18.2 Å². The van der Waals surface area contributed by atoms with Crippen molar-refractivity contribution in [2.45, 2.75) is 39.3 Å². The fraction of sp³-hybridized carbons (Fsp3) is 0.412. The number of pyridine rings is 1. The number of nitrogens with two attached hydrogens (primary N) is 1. The summed E-state index contributed by atoms with van der Waals surface area (Å²) in [5.74, 6) is -1.06. The Morgan fingerprint density at radius 2 is 1.78 bits per heavy atom. The van der Waals surface area contributed by atoms with Gasteiger partial charge in [-0.25, -0.2) is 4.98 Å². The number of halogens is 3. The molecule has 3 aromatic heterocycles. The molecule has 0 saturated heterocycles. The summed E-state index contributed by atoms with van der Waals surface area (Å²) in [5, 5.41) is 7.76. The maximum Gasteiger partial charge on any atom is 0.417 e. The number of nitrogens with zero attached hydrogens (tertiary/aromatic N) is 5. The maximum atomic E-state index is 13.4. The highest BCUT2D eigenvalue weighted by atomic mass is 19.4. The van der Waals surface area contributed by atoms with Gasteiger partial charge in [0.2, 0.25) is 0 Å². The maximum absolute atomic E-state index is 13.4. The number of aromatic nitrogens is 5. The van der Waals surface area contributed by atoms with Crippen LogP contribution in [-0.4, -0.2) is 30.5 Å². The number of carbonyl (C=O) groups excluding carboxylic acids is 1. The molecule has 27 heavy (non-hydrogen) atoms. The average molecular weight is 380 g/mol. The van der Waals surface area contributed by atoms with Crippen molar-refractivity contribution in [3.63, 3.8) is 0 Å². The van der Waals surface area contributed by atoms with Gasteiger partial charge in [-0.15, -0.1) is 5.10 Å². The number of hydrogen-bond donors (Lipinski definition) is 1. The Hall–Kier alpha value is -2.91. The van der Waals surface area contributed by atoms with Crippen LogP contribution in [0.15, 0.2) is 12.1 Å². The second kappa shape index (κ2) is 5.80. The van der Waals surface area contributed by atoms with Crippen LogP contribution in [0.5, 0.6) is 0 Å². The Balaban J connectivity index is 2.23. The van der Waals surface area contributed by atoms with Crippen LogP contribution in [0, 0.1) is 6.92 Å². The Bertz CT molecular complexity index is 1060. The van der Waals surface area contributed by atoms with Crippen LogP contribution in [0.1, 0.15) is 48.2 Å². The number of fused-ring (bicyclic) bond motifs is 1. The number of carbonyl (C=O) groups is 1. The van der Waals surface area contributed by atoms with Crippen LogP contribution in [0.3, 0.4) is 0 Å². The van der Waals surface area contributed by atoms with Crippen molar-refractivity contribution in [3.8, 4) is 0 Å². The summed E-state index contributed by atoms with van der Waals surface area (Å²) in [6.45, 7) is 7.22. The molecular formula is C17H19F3N6O. The molecule has 0 unspecified atom stereocenters. The van der Waals surface area contributed by atoms with E-state index in [1.165, 1.54) is 11.6 Å². The van der Waals surface area contributed by atoms with Crippen molar-refractivity contribution < 1.29 is 18.0 Å². The van der Waals surface area contributed by atoms with E-state index in [0.717, 1.165) is 10.7 Å². The Morgan fingerprint density at radius 3 is 2.30 bits per heavy atom. The van der Waals surface area contributed by atoms with Gasteiger partial charge in [-0.2, -0.15) is 23.0 Å². The van der Waals surface area contributed by atoms with E-state index in [1.807, 2.05) is 20.8 Å². The van der Waals surface area contributed by atoms with E-state index < -0.39 is 23.5 Å². The van der Waals surface area contributed by atoms with E-state index in [-0.39, 0.29) is 27.8 Å². The number of aryl methyl sites for hydroxylation is 2. The first-order valence-corrected chi connectivity index (χ1v) is 8.13. The van der Waals surface area contributed by atoms with Gasteiger partial charge < -0.3 is 5.73 Å². The summed E-state index contributed by atoms with van der Waals surface area (Å²) in [6.07, 6.45) is -4.65. The van der Waals surface area contributed by atoms with E-state index in [1.54, 1.807) is 13.1 Å². The lowest BCUT2D eigenvalue weighted by Crippen LogP contribution is -2.18. The molecule has 0 aliphatic carbocycles. The third-order valence-electron chi connectivity index (χ3n) is 4.16. The monoisotopic (exact) mass is 380 g/mol. The van der Waals surface area contributed by atoms with E-state index in [0.29, 0.717) is 5.69 Å². The van der Waals surface area contributed by atoms with Crippen LogP contribution in [-0.2, 0) is 18.6 Å². The van der Waals surface area contributed by atoms with E-state index in [9.17, 15) is 18.0 Å². The van der Waals surface area contributed by atoms with E-state index in [2.05, 4.69) is 15.2 Å². The molecule has 3 aromatic rings. The van der Waals surface area contributed by atoms with Gasteiger partial charge >= 0.3 is 6.18 Å². The molecular weight excluding hydrogens is 361 g/mol. The topological polar surface area (TPSA) is 91.6 Å². The molecule has 0 saturated carbocycles. The predicted octanol–water partition coefficient (Wildman–Crippen LogP) is 3.06. The summed E-state index contributed by atoms with van der Waals surface area (Å²) >= 11 is 0. The fourth-order valence-electron chi connectivity index (χ4n) is 2.78. The first kappa shape index (κ1) is 18.9. The molecule has 7 nitrogen and oxygen atoms in total. The molecule has 0 aliphatic heterocycles. The molecule has 0 bridgehead atoms. The first-order valence-electron chi connectivity index (χ1n) is 8.13. The number of rotatable bonds is 1. The Labute approximate surface area is 153 Å². The normalized spacial score (nSPS) is 12.7. The number of anilines is 1. The minimum atomic E-state index is -4.65. The fourth-order valence-corrected chi connectivity index (χ4v) is 2.78. The highest BCUT2D eigenvalue weighted by Crippen LogP contribution is 2.37. The van der Waals surface area contributed by atoms with Gasteiger partial charge in [0.05, 0.1) is 16.6 Å². The summed E-state index contributed by atoms with van der Waals surface area (Å²) in [6, 6.07) is 2.48. The molecule has 3 heterocycles. The van der Waals surface area contributed by atoms with Crippen molar-refractivity contribution in [2.24, 2.45) is 7.05 Å². The summed E-state index contributed by atoms with van der Waals surface area (Å²) in [4.78, 5) is 17.0. The van der Waals surface area contributed by atoms with Crippen LogP contribution >= 0.6 is 0 Å². The van der Waals surface area contributed by atoms with E-state index >= 15 is 0 Å². The van der Waals surface area contributed by atoms with Crippen molar-refractivity contribution in [1.29, 1.82) is 0 Å². The quantitative estimate of drug-likeness (QED) is 0.701. The SMILES string of the molecule is Cc1cc(C(F)(F)F)c2c(N)nn(C(=O)c3cc(C(C)(C)C)nn3C)c2n1. The van der Waals surface area contributed by atoms with Gasteiger partial charge in [0.15, 0.2) is 11.5 Å². The van der Waals surface area contributed by atoms with E-state index in [4.69, 9.17) is 5.73 Å². The van der Waals surface area contributed by atoms with Gasteiger partial charge in [0.25, 0.3) is 5.91 Å². The standard InChI is InChI=1S/C17H19F3N6O/c1-8-6-9(17(18,19)20)12-13(21)24-26(14(12)22-8)15(27)10-7-11(16(2,3)4)23-25(10)5/h6-7H,1-5H3,(H2,21,24). The Kier molecular flexibility index (Phi) is 4.05. The lowest BCUT2D eigenvalue weighted by Gasteiger charge is -2.13. The molecule has 0 aliphatic rings. The molecule has 2 N–H and O–H groups in total. The average Bonchev–Trinajstić information content (AvgIpc) is 3.06. The summed E-state index contributed by atoms with van der Waals surface area (Å²) in [7, 11) is 1.58. The first-order chi connectivity index (χ1) is 12.3. The largest absolute Gasteiger partial charge is 0.417 e. The zero-order valence-corrected chi connectivity index (χ0v) is 15.5. The second-order valence-electron chi connectivity index (χ2n) is 7.40. The van der Waals surface area contributed by atoms with Gasteiger partial charge in [-0.3, -0.25) is 9.48 Å². The van der Waals surface area contributed by atoms with Gasteiger partial charge in [-0.05, 0) is 19.1 Å². The van der Waals surface area contributed by atoms with Crippen molar-refractivity contribution in [3.05, 3.63) is 34.8 Å². The van der Waals surface area contributed by atoms with Crippen LogP contribution in [0.25, 0.3) is 11.0 Å². The minimum absolute atomic E-state index is 0.101. The number of alkyl halides is 3. The highest BCUT2D eigenvalue weighted by Gasteiger charge is 2.36. The zero-order chi connectivity index (χ0) is 20.3. The lowest BCUT2D eigenvalue weighted by molar-refractivity contribution is -0.136. The minimum Gasteiger partial charge on any atom is -0.382 e. The van der Waals surface area contributed by atoms with Crippen LogP contribution < -0.4 is 5.73 Å². The predicted molar refractivity (Wildman–Crippen MR) is 93.3 cm³/mol. The summed E-state index contributed by atoms with van der Waals surface area (Å²) in [5.41, 5.74) is 5.13. The Morgan fingerprint density at radius 1 is 1.15 bits per heavy atom. The molecule has 0 fully saturated rings. The lowest BCUT2D eigenvalue weighted by atomic mass is 9.92. The van der Waals surface area contributed by atoms with Crippen molar-refractivity contribution >= 4 is 22.8 Å². The van der Waals surface area contributed by atoms with Crippen LogP contribution in [0.4, 0.5) is 19.0 Å². The third kappa shape index (κ3) is 3.15. The number of hydrogen-bond acceptors (Lipinski definition) is 5. The van der Waals surface area contributed by atoms with Crippen molar-refractivity contribution in [2.75, 3.05) is 5.73 Å². The summed E-state index contributed by atoms with van der Waals surface area (Å²) < 4.78 is 42.3. The smallest absolute Gasteiger partial charge is 0.382 e. The molecule has 144 valence electrons. The molecule has 10 heteroatoms. The van der Waals surface area contributed by atoms with Crippen LogP contribution in [0.2, 0.25) is 0 Å². The van der Waals surface area contributed by atoms with Crippen molar-refractivity contribution in [1.82, 2.24) is 24.5 Å². The second-order valence-corrected chi connectivity index (χ2v) is 7.40. The third-order valence-corrected chi connectivity index (χ3v) is 4.16. The molecule has 0 aromatic carbocycles. The molecule has 0 atom stereocenters. The van der Waals surface area contributed by atoms with Gasteiger partial charge in [0.1, 0.15) is 5.69 Å². The molecule has 0 spiro atoms.